The van der Waals surface area contributed by atoms with Crippen LogP contribution in [0.4, 0.5) is 5.69 Å². The number of hydrogen-bond donors (Lipinski definition) is 3. The highest BCUT2D eigenvalue weighted by Crippen LogP contribution is 2.27. The lowest BCUT2D eigenvalue weighted by atomic mass is 9.88. The Morgan fingerprint density at radius 2 is 2.00 bits per heavy atom. The number of sulfonamides is 1. The highest BCUT2D eigenvalue weighted by molar-refractivity contribution is 7.89. The minimum atomic E-state index is -3.66. The van der Waals surface area contributed by atoms with Crippen LogP contribution < -0.4 is 15.2 Å². The second kappa shape index (κ2) is 6.64. The maximum atomic E-state index is 12.4. The van der Waals surface area contributed by atoms with Crippen molar-refractivity contribution in [1.29, 1.82) is 0 Å². The first kappa shape index (κ1) is 16.1. The third kappa shape index (κ3) is 4.09. The van der Waals surface area contributed by atoms with Gasteiger partial charge in [-0.25, -0.2) is 13.1 Å². The molecule has 0 heterocycles. The molecule has 0 saturated heterocycles. The van der Waals surface area contributed by atoms with Crippen LogP contribution in [0.1, 0.15) is 25.7 Å². The van der Waals surface area contributed by atoms with Crippen LogP contribution in [0.2, 0.25) is 0 Å². The van der Waals surface area contributed by atoms with E-state index < -0.39 is 10.0 Å². The zero-order valence-electron chi connectivity index (χ0n) is 12.1. The third-order valence-corrected chi connectivity index (χ3v) is 5.30. The molecule has 0 amide bonds. The first-order valence-corrected chi connectivity index (χ1v) is 8.52. The van der Waals surface area contributed by atoms with Crippen molar-refractivity contribution in [2.75, 3.05) is 19.4 Å². The molecule has 0 aromatic heterocycles. The number of aliphatic hydroxyl groups is 1. The van der Waals surface area contributed by atoms with Gasteiger partial charge in [-0.2, -0.15) is 0 Å². The predicted molar refractivity (Wildman–Crippen MR) is 80.6 cm³/mol. The molecule has 2 rings (SSSR count). The van der Waals surface area contributed by atoms with Crippen molar-refractivity contribution < 1.29 is 18.3 Å². The van der Waals surface area contributed by atoms with E-state index in [-0.39, 0.29) is 22.7 Å². The van der Waals surface area contributed by atoms with Gasteiger partial charge in [-0.15, -0.1) is 0 Å². The van der Waals surface area contributed by atoms with Gasteiger partial charge in [0.05, 0.1) is 13.2 Å². The lowest BCUT2D eigenvalue weighted by Gasteiger charge is -2.25. The Bertz CT molecular complexity index is 581. The summed E-state index contributed by atoms with van der Waals surface area (Å²) in [5, 5.41) is 9.46. The Labute approximate surface area is 125 Å². The first-order valence-electron chi connectivity index (χ1n) is 7.03. The number of benzene rings is 1. The van der Waals surface area contributed by atoms with Crippen molar-refractivity contribution in [2.24, 2.45) is 5.92 Å². The molecule has 1 aliphatic rings. The molecule has 1 aromatic rings. The van der Waals surface area contributed by atoms with Gasteiger partial charge in [0.1, 0.15) is 10.6 Å². The quantitative estimate of drug-likeness (QED) is 0.707. The highest BCUT2D eigenvalue weighted by atomic mass is 32.2. The van der Waals surface area contributed by atoms with Crippen LogP contribution in [0.3, 0.4) is 0 Å². The molecule has 1 saturated carbocycles. The van der Waals surface area contributed by atoms with E-state index >= 15 is 0 Å². The number of methoxy groups -OCH3 is 1. The fourth-order valence-corrected chi connectivity index (χ4v) is 3.88. The van der Waals surface area contributed by atoms with E-state index in [1.807, 2.05) is 0 Å². The molecule has 0 bridgehead atoms. The van der Waals surface area contributed by atoms with Gasteiger partial charge in [-0.05, 0) is 49.8 Å². The number of aliphatic hydroxyl groups excluding tert-OH is 1. The van der Waals surface area contributed by atoms with Crippen LogP contribution in [0.5, 0.6) is 5.75 Å². The van der Waals surface area contributed by atoms with E-state index in [1.165, 1.54) is 13.2 Å². The van der Waals surface area contributed by atoms with Crippen molar-refractivity contribution in [2.45, 2.75) is 36.7 Å². The van der Waals surface area contributed by atoms with Crippen molar-refractivity contribution in [3.05, 3.63) is 18.2 Å². The van der Waals surface area contributed by atoms with Gasteiger partial charge in [0.2, 0.25) is 10.0 Å². The summed E-state index contributed by atoms with van der Waals surface area (Å²) in [7, 11) is -2.23. The monoisotopic (exact) mass is 314 g/mol. The standard InChI is InChI=1S/C14H22N2O4S/c1-20-13-7-4-11(15)8-14(13)21(18,19)16-9-10-2-5-12(17)6-3-10/h4,7-8,10,12,16-17H,2-3,5-6,9,15H2,1H3. The molecule has 4 N–H and O–H groups in total. The van der Waals surface area contributed by atoms with Gasteiger partial charge in [0.15, 0.2) is 0 Å². The summed E-state index contributed by atoms with van der Waals surface area (Å²) in [6.45, 7) is 0.368. The SMILES string of the molecule is COc1ccc(N)cc1S(=O)(=O)NCC1CCC(O)CC1. The highest BCUT2D eigenvalue weighted by Gasteiger charge is 2.24. The van der Waals surface area contributed by atoms with Crippen LogP contribution in [-0.2, 0) is 10.0 Å². The van der Waals surface area contributed by atoms with E-state index in [2.05, 4.69) is 4.72 Å². The average Bonchev–Trinajstić information content (AvgIpc) is 2.47. The van der Waals surface area contributed by atoms with Gasteiger partial charge in [0, 0.05) is 12.2 Å². The fourth-order valence-electron chi connectivity index (χ4n) is 2.56. The number of anilines is 1. The molecular formula is C14H22N2O4S. The molecule has 0 spiro atoms. The van der Waals surface area contributed by atoms with Crippen molar-refractivity contribution >= 4 is 15.7 Å². The van der Waals surface area contributed by atoms with E-state index in [9.17, 15) is 13.5 Å². The number of nitrogen functional groups attached to an aromatic ring is 1. The summed E-state index contributed by atoms with van der Waals surface area (Å²) in [5.41, 5.74) is 6.03. The van der Waals surface area contributed by atoms with Crippen molar-refractivity contribution in [3.63, 3.8) is 0 Å². The maximum absolute atomic E-state index is 12.4. The van der Waals surface area contributed by atoms with E-state index in [4.69, 9.17) is 10.5 Å². The number of nitrogens with one attached hydrogen (secondary N) is 1. The molecule has 6 nitrogen and oxygen atoms in total. The summed E-state index contributed by atoms with van der Waals surface area (Å²) in [4.78, 5) is 0.0563. The summed E-state index contributed by atoms with van der Waals surface area (Å²) in [6, 6.07) is 4.53. The molecule has 0 unspecified atom stereocenters. The van der Waals surface area contributed by atoms with Crippen molar-refractivity contribution in [1.82, 2.24) is 4.72 Å². The molecule has 0 aliphatic heterocycles. The van der Waals surface area contributed by atoms with Gasteiger partial charge in [0.25, 0.3) is 0 Å². The van der Waals surface area contributed by atoms with E-state index in [0.29, 0.717) is 12.2 Å². The molecule has 118 valence electrons. The maximum Gasteiger partial charge on any atom is 0.244 e. The zero-order valence-corrected chi connectivity index (χ0v) is 12.9. The topological polar surface area (TPSA) is 102 Å². The molecule has 0 radical (unpaired) electrons. The third-order valence-electron chi connectivity index (χ3n) is 3.86. The average molecular weight is 314 g/mol. The predicted octanol–water partition coefficient (Wildman–Crippen LogP) is 1.11. The summed E-state index contributed by atoms with van der Waals surface area (Å²) in [5.74, 6) is 0.533. The lowest BCUT2D eigenvalue weighted by Crippen LogP contribution is -2.32. The molecule has 1 fully saturated rings. The Kier molecular flexibility index (Phi) is 5.08. The largest absolute Gasteiger partial charge is 0.495 e. The lowest BCUT2D eigenvalue weighted by molar-refractivity contribution is 0.109. The van der Waals surface area contributed by atoms with Crippen LogP contribution in [0, 0.1) is 5.92 Å². The summed E-state index contributed by atoms with van der Waals surface area (Å²) < 4.78 is 32.5. The van der Waals surface area contributed by atoms with Crippen LogP contribution >= 0.6 is 0 Å². The van der Waals surface area contributed by atoms with Crippen molar-refractivity contribution in [3.8, 4) is 5.75 Å². The molecule has 21 heavy (non-hydrogen) atoms. The van der Waals surface area contributed by atoms with Gasteiger partial charge in [-0.1, -0.05) is 0 Å². The number of hydrogen-bond acceptors (Lipinski definition) is 5. The number of ether oxygens (including phenoxy) is 1. The van der Waals surface area contributed by atoms with Gasteiger partial charge >= 0.3 is 0 Å². The molecule has 0 atom stereocenters. The first-order chi connectivity index (χ1) is 9.92. The second-order valence-electron chi connectivity index (χ2n) is 5.44. The Hall–Kier alpha value is -1.31. The Morgan fingerprint density at radius 3 is 2.62 bits per heavy atom. The minimum Gasteiger partial charge on any atom is -0.495 e. The molecule has 1 aliphatic carbocycles. The summed E-state index contributed by atoms with van der Waals surface area (Å²) >= 11 is 0. The molecule has 1 aromatic carbocycles. The smallest absolute Gasteiger partial charge is 0.244 e. The van der Waals surface area contributed by atoms with Gasteiger partial charge in [-0.3, -0.25) is 0 Å². The number of rotatable bonds is 5. The molecule has 7 heteroatoms. The Morgan fingerprint density at radius 1 is 1.33 bits per heavy atom. The summed E-state index contributed by atoms with van der Waals surface area (Å²) in [6.07, 6.45) is 2.88. The van der Waals surface area contributed by atoms with Crippen LogP contribution in [0.25, 0.3) is 0 Å². The van der Waals surface area contributed by atoms with Crippen LogP contribution in [0.15, 0.2) is 23.1 Å². The normalized spacial score (nSPS) is 23.0. The van der Waals surface area contributed by atoms with Gasteiger partial charge < -0.3 is 15.6 Å². The van der Waals surface area contributed by atoms with Crippen LogP contribution in [-0.4, -0.2) is 33.3 Å². The van der Waals surface area contributed by atoms with E-state index in [1.54, 1.807) is 12.1 Å². The zero-order chi connectivity index (χ0) is 15.5. The molecular weight excluding hydrogens is 292 g/mol. The Balaban J connectivity index is 2.06. The second-order valence-corrected chi connectivity index (χ2v) is 7.17. The number of nitrogens with two attached hydrogens (primary N) is 1. The fraction of sp³-hybridized carbons (Fsp3) is 0.571. The minimum absolute atomic E-state index is 0.0563. The van der Waals surface area contributed by atoms with E-state index in [0.717, 1.165) is 25.7 Å².